The first-order valence-electron chi connectivity index (χ1n) is 16.6. The number of aromatic amines is 1. The van der Waals surface area contributed by atoms with Gasteiger partial charge < -0.3 is 10.1 Å². The third kappa shape index (κ3) is 4.99. The molecule has 0 amide bonds. The maximum atomic E-state index is 9.73. The Hall–Kier alpha value is -4.77. The van der Waals surface area contributed by atoms with Crippen molar-refractivity contribution >= 4 is 28.8 Å². The zero-order valence-electron chi connectivity index (χ0n) is 28.4. The largest absolute Gasteiger partial charge is 0.516 e. The van der Waals surface area contributed by atoms with Crippen molar-refractivity contribution in [3.8, 4) is 0 Å². The summed E-state index contributed by atoms with van der Waals surface area (Å²) in [6, 6.07) is 10.7. The van der Waals surface area contributed by atoms with Gasteiger partial charge in [-0.3, -0.25) is 0 Å². The van der Waals surface area contributed by atoms with Gasteiger partial charge in [0.2, 0.25) is 0 Å². The number of benzene rings is 1. The van der Waals surface area contributed by atoms with Gasteiger partial charge in [-0.05, 0) is 128 Å². The lowest BCUT2D eigenvalue weighted by molar-refractivity contribution is 0.473. The molecule has 1 aromatic heterocycles. The average Bonchev–Trinajstić information content (AvgIpc) is 3.75. The van der Waals surface area contributed by atoms with Crippen LogP contribution in [0.15, 0.2) is 126 Å². The van der Waals surface area contributed by atoms with Crippen LogP contribution in [-0.2, 0) is 6.42 Å². The summed E-state index contributed by atoms with van der Waals surface area (Å²) >= 11 is 0. The van der Waals surface area contributed by atoms with Crippen LogP contribution in [0, 0.1) is 6.92 Å². The van der Waals surface area contributed by atoms with Crippen LogP contribution in [0.3, 0.4) is 0 Å². The molecule has 0 radical (unpaired) electrons. The number of aliphatic hydroxyl groups excluding tert-OH is 1. The van der Waals surface area contributed by atoms with E-state index in [1.165, 1.54) is 39.0 Å². The van der Waals surface area contributed by atoms with Crippen LogP contribution in [0.5, 0.6) is 0 Å². The minimum atomic E-state index is 0.830. The Morgan fingerprint density at radius 1 is 0.717 bits per heavy atom. The van der Waals surface area contributed by atoms with Crippen LogP contribution in [0.2, 0.25) is 0 Å². The summed E-state index contributed by atoms with van der Waals surface area (Å²) in [5.41, 5.74) is 20.8. The maximum absolute atomic E-state index is 9.73. The maximum Gasteiger partial charge on any atom is 0.0791 e. The Bertz CT molecular complexity index is 1990. The minimum Gasteiger partial charge on any atom is -0.516 e. The zero-order chi connectivity index (χ0) is 32.7. The molecule has 8 bridgehead atoms. The molecule has 0 saturated carbocycles. The molecule has 0 atom stereocenters. The van der Waals surface area contributed by atoms with Crippen LogP contribution < -0.4 is 0 Å². The second-order valence-corrected chi connectivity index (χ2v) is 12.2. The first-order valence-corrected chi connectivity index (χ1v) is 16.6. The Labute approximate surface area is 273 Å². The van der Waals surface area contributed by atoms with Crippen molar-refractivity contribution in [2.45, 2.75) is 81.1 Å². The molecule has 4 aliphatic heterocycles. The van der Waals surface area contributed by atoms with Gasteiger partial charge in [0, 0.05) is 16.8 Å². The molecule has 5 heteroatoms. The number of rotatable bonds is 6. The molecule has 4 aliphatic rings. The SMILES string of the molecule is CCC1=C(C)C2=CC3=NC(=C(c4ccccc4)c4[nH]c(c(C)c4CC)C=C4N=C(C(CC)=C4C)/C(=C/C=C/O)C1=N2)C(CC)=C3C. The van der Waals surface area contributed by atoms with Gasteiger partial charge in [-0.25, -0.2) is 15.0 Å². The molecule has 0 saturated heterocycles. The predicted octanol–water partition coefficient (Wildman–Crippen LogP) is 10.4. The Kier molecular flexibility index (Phi) is 8.52. The molecular formula is C41H44N4O. The standard InChI is InChI=1S/C41H44N4O/c1-9-28-23(5)33-21-35-25(7)30(11-3)40(44-35)37(27-17-14-13-15-18-27)41-31(12-4)26(8)36(45-41)22-34-24(6)29(10-2)39(43-34)32(19-16-20-46)38(28)42-33/h13-22,44,46H,9-12H2,1-8H3/b20-16+,32-19-,33-21?,34-22?,41-37?. The van der Waals surface area contributed by atoms with Crippen LogP contribution >= 0.6 is 0 Å². The van der Waals surface area contributed by atoms with E-state index in [1.54, 1.807) is 6.08 Å². The molecule has 234 valence electrons. The molecular weight excluding hydrogens is 564 g/mol. The summed E-state index contributed by atoms with van der Waals surface area (Å²) < 4.78 is 0. The Morgan fingerprint density at radius 2 is 1.33 bits per heavy atom. The summed E-state index contributed by atoms with van der Waals surface area (Å²) in [6.07, 6.45) is 12.5. The van der Waals surface area contributed by atoms with Crippen LogP contribution in [-0.4, -0.2) is 27.2 Å². The number of fused-ring (bicyclic) bond motifs is 5. The lowest BCUT2D eigenvalue weighted by atomic mass is 9.90. The first-order chi connectivity index (χ1) is 22.3. The van der Waals surface area contributed by atoms with Crippen LogP contribution in [0.25, 0.3) is 11.6 Å². The van der Waals surface area contributed by atoms with Gasteiger partial charge in [0.05, 0.1) is 46.2 Å². The van der Waals surface area contributed by atoms with E-state index in [9.17, 15) is 5.11 Å². The topological polar surface area (TPSA) is 73.1 Å². The van der Waals surface area contributed by atoms with E-state index in [4.69, 9.17) is 15.0 Å². The molecule has 2 aromatic rings. The number of nitrogens with one attached hydrogen (secondary N) is 1. The highest BCUT2D eigenvalue weighted by Crippen LogP contribution is 2.42. The molecule has 0 aliphatic carbocycles. The summed E-state index contributed by atoms with van der Waals surface area (Å²) in [6.45, 7) is 17.6. The number of H-pyrrole nitrogens is 1. The molecule has 6 rings (SSSR count). The predicted molar refractivity (Wildman–Crippen MR) is 195 cm³/mol. The van der Waals surface area contributed by atoms with Gasteiger partial charge in [0.1, 0.15) is 0 Å². The highest BCUT2D eigenvalue weighted by atomic mass is 16.2. The zero-order valence-corrected chi connectivity index (χ0v) is 28.4. The van der Waals surface area contributed by atoms with Crippen molar-refractivity contribution in [2.75, 3.05) is 0 Å². The fourth-order valence-corrected chi connectivity index (χ4v) is 7.32. The van der Waals surface area contributed by atoms with Crippen molar-refractivity contribution in [3.63, 3.8) is 0 Å². The number of aliphatic imine (C=N–C) groups is 3. The van der Waals surface area contributed by atoms with Gasteiger partial charge in [0.15, 0.2) is 0 Å². The minimum absolute atomic E-state index is 0.830. The summed E-state index contributed by atoms with van der Waals surface area (Å²) in [5, 5.41) is 9.73. The van der Waals surface area contributed by atoms with E-state index in [0.717, 1.165) is 99.8 Å². The fraction of sp³-hybridized carbons (Fsp3) is 0.293. The van der Waals surface area contributed by atoms with Crippen LogP contribution in [0.1, 0.15) is 95.8 Å². The summed E-state index contributed by atoms with van der Waals surface area (Å²) in [7, 11) is 0. The number of allylic oxidation sites excluding steroid dienone is 10. The number of aliphatic hydroxyl groups is 1. The second-order valence-electron chi connectivity index (χ2n) is 12.2. The molecule has 5 heterocycles. The molecule has 2 N–H and O–H groups in total. The van der Waals surface area contributed by atoms with E-state index in [2.05, 4.69) is 103 Å². The van der Waals surface area contributed by atoms with Gasteiger partial charge in [0.25, 0.3) is 0 Å². The van der Waals surface area contributed by atoms with Gasteiger partial charge in [-0.15, -0.1) is 0 Å². The van der Waals surface area contributed by atoms with E-state index < -0.39 is 0 Å². The van der Waals surface area contributed by atoms with Crippen molar-refractivity contribution in [1.29, 1.82) is 0 Å². The molecule has 0 unspecified atom stereocenters. The normalized spacial score (nSPS) is 19.1. The van der Waals surface area contributed by atoms with Crippen LogP contribution in [0.4, 0.5) is 0 Å². The second kappa shape index (κ2) is 12.6. The van der Waals surface area contributed by atoms with E-state index in [1.807, 2.05) is 6.08 Å². The van der Waals surface area contributed by atoms with E-state index >= 15 is 0 Å². The van der Waals surface area contributed by atoms with E-state index in [-0.39, 0.29) is 0 Å². The number of hydrogen-bond acceptors (Lipinski definition) is 4. The van der Waals surface area contributed by atoms with Crippen molar-refractivity contribution < 1.29 is 5.11 Å². The lowest BCUT2D eigenvalue weighted by Crippen LogP contribution is -2.15. The van der Waals surface area contributed by atoms with Crippen molar-refractivity contribution in [1.82, 2.24) is 4.98 Å². The monoisotopic (exact) mass is 608 g/mol. The van der Waals surface area contributed by atoms with Gasteiger partial charge >= 0.3 is 0 Å². The summed E-state index contributed by atoms with van der Waals surface area (Å²) in [5.74, 6) is 0. The fourth-order valence-electron chi connectivity index (χ4n) is 7.32. The van der Waals surface area contributed by atoms with Gasteiger partial charge in [-0.1, -0.05) is 58.0 Å². The summed E-state index contributed by atoms with van der Waals surface area (Å²) in [4.78, 5) is 19.9. The first kappa shape index (κ1) is 31.2. The molecule has 0 spiro atoms. The average molecular weight is 609 g/mol. The Morgan fingerprint density at radius 3 is 1.89 bits per heavy atom. The molecule has 1 aromatic carbocycles. The third-order valence-corrected chi connectivity index (χ3v) is 9.86. The number of nitrogens with zero attached hydrogens (tertiary/aromatic N) is 3. The highest BCUT2D eigenvalue weighted by molar-refractivity contribution is 6.37. The smallest absolute Gasteiger partial charge is 0.0791 e. The molecule has 46 heavy (non-hydrogen) atoms. The number of hydrogen-bond donors (Lipinski definition) is 2. The molecule has 5 nitrogen and oxygen atoms in total. The van der Waals surface area contributed by atoms with Crippen molar-refractivity contribution in [3.05, 3.63) is 139 Å². The number of aromatic nitrogens is 1. The third-order valence-electron chi connectivity index (χ3n) is 9.86. The van der Waals surface area contributed by atoms with E-state index in [0.29, 0.717) is 0 Å². The van der Waals surface area contributed by atoms with Gasteiger partial charge in [-0.2, -0.15) is 0 Å². The Balaban J connectivity index is 1.78. The molecule has 0 fully saturated rings. The highest BCUT2D eigenvalue weighted by Gasteiger charge is 2.32. The quantitative estimate of drug-likeness (QED) is 0.315. The van der Waals surface area contributed by atoms with Crippen molar-refractivity contribution in [2.24, 2.45) is 15.0 Å². The lowest BCUT2D eigenvalue weighted by Gasteiger charge is -2.14.